The lowest BCUT2D eigenvalue weighted by Crippen LogP contribution is -2.49. The van der Waals surface area contributed by atoms with E-state index in [1.54, 1.807) is 16.9 Å². The van der Waals surface area contributed by atoms with Crippen molar-refractivity contribution in [3.63, 3.8) is 0 Å². The van der Waals surface area contributed by atoms with Gasteiger partial charge in [0.05, 0.1) is 17.4 Å². The first-order valence-corrected chi connectivity index (χ1v) is 9.38. The van der Waals surface area contributed by atoms with E-state index in [0.717, 1.165) is 11.3 Å². The van der Waals surface area contributed by atoms with Gasteiger partial charge in [-0.15, -0.1) is 0 Å². The normalized spacial score (nSPS) is 11.9. The Morgan fingerprint density at radius 2 is 1.76 bits per heavy atom. The number of hydrogen-bond acceptors (Lipinski definition) is 3. The maximum Gasteiger partial charge on any atom is 0.254 e. The van der Waals surface area contributed by atoms with Gasteiger partial charge in [0.25, 0.3) is 5.91 Å². The summed E-state index contributed by atoms with van der Waals surface area (Å²) in [4.78, 5) is 25.0. The van der Waals surface area contributed by atoms with Crippen molar-refractivity contribution in [2.45, 2.75) is 26.4 Å². The fourth-order valence-electron chi connectivity index (χ4n) is 2.87. The summed E-state index contributed by atoms with van der Waals surface area (Å²) in [5.41, 5.74) is 1.66. The van der Waals surface area contributed by atoms with Gasteiger partial charge in [-0.1, -0.05) is 44.2 Å². The second-order valence-corrected chi connectivity index (χ2v) is 7.02. The number of para-hydroxylation sites is 1. The van der Waals surface area contributed by atoms with Crippen LogP contribution in [0.15, 0.2) is 67.0 Å². The van der Waals surface area contributed by atoms with E-state index >= 15 is 0 Å². The molecule has 0 unspecified atom stereocenters. The van der Waals surface area contributed by atoms with Gasteiger partial charge in [-0.2, -0.15) is 5.10 Å². The van der Waals surface area contributed by atoms with Gasteiger partial charge in [0.1, 0.15) is 11.9 Å². The summed E-state index contributed by atoms with van der Waals surface area (Å²) >= 11 is 0. The van der Waals surface area contributed by atoms with E-state index in [-0.39, 0.29) is 23.9 Å². The third-order valence-electron chi connectivity index (χ3n) is 4.48. The lowest BCUT2D eigenvalue weighted by atomic mass is 10.0. The summed E-state index contributed by atoms with van der Waals surface area (Å²) in [6.45, 7) is 3.91. The molecule has 3 aromatic rings. The first kappa shape index (κ1) is 20.3. The second kappa shape index (κ2) is 9.14. The highest BCUT2D eigenvalue weighted by molar-refractivity contribution is 5.97. The smallest absolute Gasteiger partial charge is 0.254 e. The van der Waals surface area contributed by atoms with Crippen LogP contribution in [-0.4, -0.2) is 27.6 Å². The van der Waals surface area contributed by atoms with Gasteiger partial charge in [0.15, 0.2) is 0 Å². The lowest BCUT2D eigenvalue weighted by Gasteiger charge is -2.21. The molecule has 0 spiro atoms. The fourth-order valence-corrected chi connectivity index (χ4v) is 2.87. The van der Waals surface area contributed by atoms with Crippen molar-refractivity contribution in [2.75, 3.05) is 0 Å². The summed E-state index contributed by atoms with van der Waals surface area (Å²) < 4.78 is 15.6. The van der Waals surface area contributed by atoms with Gasteiger partial charge in [-0.25, -0.2) is 9.07 Å². The van der Waals surface area contributed by atoms with Crippen molar-refractivity contribution in [1.82, 2.24) is 20.4 Å². The van der Waals surface area contributed by atoms with Crippen LogP contribution in [0, 0.1) is 11.7 Å². The Hall–Kier alpha value is -3.48. The molecule has 0 fully saturated rings. The zero-order chi connectivity index (χ0) is 20.8. The molecule has 6 nitrogen and oxygen atoms in total. The standard InChI is InChI=1S/C22H23FN4O2/c1-15(2)20(26-21(28)18-10-6-7-11-19(18)23)22(29)24-12-16-13-25-27(14-16)17-8-4-3-5-9-17/h3-11,13-15,20H,12H2,1-2H3,(H,24,29)(H,26,28)/t20-/m0/s1. The third-order valence-corrected chi connectivity index (χ3v) is 4.48. The largest absolute Gasteiger partial charge is 0.350 e. The van der Waals surface area contributed by atoms with Gasteiger partial charge in [-0.05, 0) is 30.2 Å². The van der Waals surface area contributed by atoms with E-state index in [9.17, 15) is 14.0 Å². The summed E-state index contributed by atoms with van der Waals surface area (Å²) in [5, 5.41) is 9.74. The minimum absolute atomic E-state index is 0.0879. The highest BCUT2D eigenvalue weighted by Crippen LogP contribution is 2.10. The minimum Gasteiger partial charge on any atom is -0.350 e. The predicted octanol–water partition coefficient (Wildman–Crippen LogP) is 3.08. The summed E-state index contributed by atoms with van der Waals surface area (Å²) in [6, 6.07) is 14.5. The quantitative estimate of drug-likeness (QED) is 0.647. The zero-order valence-electron chi connectivity index (χ0n) is 16.3. The molecule has 0 bridgehead atoms. The summed E-state index contributed by atoms with van der Waals surface area (Å²) in [7, 11) is 0. The summed E-state index contributed by atoms with van der Waals surface area (Å²) in [6.07, 6.45) is 3.51. The molecule has 0 aliphatic carbocycles. The Morgan fingerprint density at radius 1 is 1.07 bits per heavy atom. The van der Waals surface area contributed by atoms with Crippen molar-refractivity contribution in [3.05, 3.63) is 83.9 Å². The monoisotopic (exact) mass is 394 g/mol. The average Bonchev–Trinajstić information content (AvgIpc) is 3.20. The van der Waals surface area contributed by atoms with Gasteiger partial charge in [0.2, 0.25) is 5.91 Å². The molecule has 29 heavy (non-hydrogen) atoms. The first-order chi connectivity index (χ1) is 14.0. The van der Waals surface area contributed by atoms with Gasteiger partial charge >= 0.3 is 0 Å². The molecule has 0 aliphatic rings. The Balaban J connectivity index is 1.62. The number of benzene rings is 2. The number of rotatable bonds is 7. The second-order valence-electron chi connectivity index (χ2n) is 7.02. The van der Waals surface area contributed by atoms with Crippen molar-refractivity contribution in [1.29, 1.82) is 0 Å². The Labute approximate surface area is 168 Å². The van der Waals surface area contributed by atoms with Crippen LogP contribution in [0.2, 0.25) is 0 Å². The van der Waals surface area contributed by atoms with Crippen LogP contribution < -0.4 is 10.6 Å². The highest BCUT2D eigenvalue weighted by Gasteiger charge is 2.25. The van der Waals surface area contributed by atoms with Crippen molar-refractivity contribution < 1.29 is 14.0 Å². The van der Waals surface area contributed by atoms with E-state index in [1.165, 1.54) is 18.2 Å². The number of aromatic nitrogens is 2. The van der Waals surface area contributed by atoms with E-state index in [1.807, 2.05) is 50.4 Å². The van der Waals surface area contributed by atoms with Crippen LogP contribution in [0.3, 0.4) is 0 Å². The predicted molar refractivity (Wildman–Crippen MR) is 108 cm³/mol. The lowest BCUT2D eigenvalue weighted by molar-refractivity contribution is -0.124. The SMILES string of the molecule is CC(C)[C@H](NC(=O)c1ccccc1F)C(=O)NCc1cnn(-c2ccccc2)c1. The Bertz CT molecular complexity index is 985. The first-order valence-electron chi connectivity index (χ1n) is 9.38. The Morgan fingerprint density at radius 3 is 2.45 bits per heavy atom. The molecule has 2 amide bonds. The molecule has 0 aliphatic heterocycles. The zero-order valence-corrected chi connectivity index (χ0v) is 16.3. The molecule has 2 aromatic carbocycles. The third kappa shape index (κ3) is 5.07. The molecular weight excluding hydrogens is 371 g/mol. The molecular formula is C22H23FN4O2. The van der Waals surface area contributed by atoms with E-state index in [0.29, 0.717) is 0 Å². The maximum atomic E-state index is 13.8. The minimum atomic E-state index is -0.786. The number of carbonyl (C=O) groups is 2. The molecule has 1 heterocycles. The van der Waals surface area contributed by atoms with Crippen molar-refractivity contribution in [2.24, 2.45) is 5.92 Å². The van der Waals surface area contributed by atoms with Gasteiger partial charge in [0, 0.05) is 18.3 Å². The maximum absolute atomic E-state index is 13.8. The molecule has 7 heteroatoms. The number of hydrogen-bond donors (Lipinski definition) is 2. The molecule has 2 N–H and O–H groups in total. The van der Waals surface area contributed by atoms with E-state index < -0.39 is 17.8 Å². The number of halogens is 1. The average molecular weight is 394 g/mol. The molecule has 1 atom stereocenters. The molecule has 0 radical (unpaired) electrons. The topological polar surface area (TPSA) is 76.0 Å². The van der Waals surface area contributed by atoms with Crippen LogP contribution >= 0.6 is 0 Å². The fraction of sp³-hybridized carbons (Fsp3) is 0.227. The molecule has 3 rings (SSSR count). The molecule has 1 aromatic heterocycles. The molecule has 150 valence electrons. The molecule has 0 saturated heterocycles. The number of amides is 2. The number of nitrogens with zero attached hydrogens (tertiary/aromatic N) is 2. The van der Waals surface area contributed by atoms with Crippen LogP contribution in [0.1, 0.15) is 29.8 Å². The van der Waals surface area contributed by atoms with Crippen LogP contribution in [0.4, 0.5) is 4.39 Å². The van der Waals surface area contributed by atoms with Crippen LogP contribution in [-0.2, 0) is 11.3 Å². The molecule has 0 saturated carbocycles. The van der Waals surface area contributed by atoms with E-state index in [2.05, 4.69) is 15.7 Å². The van der Waals surface area contributed by atoms with Gasteiger partial charge < -0.3 is 10.6 Å². The van der Waals surface area contributed by atoms with Gasteiger partial charge in [-0.3, -0.25) is 9.59 Å². The van der Waals surface area contributed by atoms with Crippen molar-refractivity contribution in [3.8, 4) is 5.69 Å². The highest BCUT2D eigenvalue weighted by atomic mass is 19.1. The van der Waals surface area contributed by atoms with Crippen LogP contribution in [0.25, 0.3) is 5.69 Å². The number of nitrogens with one attached hydrogen (secondary N) is 2. The van der Waals surface area contributed by atoms with Crippen LogP contribution in [0.5, 0.6) is 0 Å². The van der Waals surface area contributed by atoms with Crippen molar-refractivity contribution >= 4 is 11.8 Å². The Kier molecular flexibility index (Phi) is 6.39. The van der Waals surface area contributed by atoms with E-state index in [4.69, 9.17) is 0 Å². The summed E-state index contributed by atoms with van der Waals surface area (Å²) in [5.74, 6) is -1.75. The number of carbonyl (C=O) groups excluding carboxylic acids is 2.